The lowest BCUT2D eigenvalue weighted by molar-refractivity contribution is -0.151. The fourth-order valence-electron chi connectivity index (χ4n) is 8.30. The molecule has 0 spiro atoms. The summed E-state index contributed by atoms with van der Waals surface area (Å²) in [4.78, 5) is 46.2. The Bertz CT molecular complexity index is 1740. The molecule has 3 saturated heterocycles. The Balaban J connectivity index is 0.00000523. The van der Waals surface area contributed by atoms with Crippen LogP contribution in [-0.2, 0) is 20.4 Å². The van der Waals surface area contributed by atoms with Crippen LogP contribution in [0.25, 0.3) is 0 Å². The van der Waals surface area contributed by atoms with E-state index in [1.807, 2.05) is 53.4 Å². The number of rotatable bonds is 11. The number of hydrogen-bond acceptors (Lipinski definition) is 7. The van der Waals surface area contributed by atoms with Gasteiger partial charge in [0, 0.05) is 30.6 Å². The number of methoxy groups -OCH3 is 3. The predicted octanol–water partition coefficient (Wildman–Crippen LogP) is 6.72. The van der Waals surface area contributed by atoms with E-state index in [1.54, 1.807) is 17.0 Å². The molecule has 3 fully saturated rings. The average Bonchev–Trinajstić information content (AvgIpc) is 3.84. The molecule has 280 valence electrons. The molecule has 3 heterocycles. The van der Waals surface area contributed by atoms with Crippen molar-refractivity contribution in [3.05, 3.63) is 87.4 Å². The van der Waals surface area contributed by atoms with Gasteiger partial charge in [-0.1, -0.05) is 59.6 Å². The lowest BCUT2D eigenvalue weighted by Gasteiger charge is -2.44. The maximum atomic E-state index is 14.3. The van der Waals surface area contributed by atoms with E-state index >= 15 is 0 Å². The molecule has 3 aromatic rings. The van der Waals surface area contributed by atoms with Crippen LogP contribution in [0.15, 0.2) is 60.7 Å². The van der Waals surface area contributed by atoms with E-state index < -0.39 is 22.8 Å². The summed E-state index contributed by atoms with van der Waals surface area (Å²) in [6.07, 6.45) is 3.83. The van der Waals surface area contributed by atoms with Crippen LogP contribution < -0.4 is 14.2 Å². The highest BCUT2D eigenvalue weighted by molar-refractivity contribution is 6.42. The standard InChI is InChI=1S/C39H45Cl2N3O7.ClH/c1-49-32-22-26(23-33(50-2)34(32)51-3)35(45)43-21-14-38(25-43,28-11-12-29(40)30(41)24-28)13-18-42-19-15-39(16-20-42,27-8-5-4-6-9-27)37(48)44-17-7-10-31(44)36(46)47;/h4-6,8-9,11-12,22-24,31H,7,10,13-21,25H2,1-3H3,(H,46,47);1H/t31-,38-;/m0./s1. The van der Waals surface area contributed by atoms with Gasteiger partial charge in [0.25, 0.3) is 5.91 Å². The smallest absolute Gasteiger partial charge is 0.326 e. The van der Waals surface area contributed by atoms with Crippen molar-refractivity contribution < 1.29 is 33.7 Å². The van der Waals surface area contributed by atoms with E-state index in [2.05, 4.69) is 4.90 Å². The second-order valence-corrected chi connectivity index (χ2v) is 14.6. The molecule has 3 aliphatic rings. The summed E-state index contributed by atoms with van der Waals surface area (Å²) in [5.74, 6) is 0.0828. The largest absolute Gasteiger partial charge is 0.493 e. The number of halogens is 3. The maximum absolute atomic E-state index is 14.3. The molecule has 1 N–H and O–H groups in total. The quantitative estimate of drug-likeness (QED) is 0.229. The van der Waals surface area contributed by atoms with Crippen LogP contribution in [0.3, 0.4) is 0 Å². The minimum absolute atomic E-state index is 0. The number of ether oxygens (including phenoxy) is 3. The third-order valence-electron chi connectivity index (χ3n) is 11.2. The molecule has 0 saturated carbocycles. The maximum Gasteiger partial charge on any atom is 0.326 e. The van der Waals surface area contributed by atoms with Crippen molar-refractivity contribution in [1.29, 1.82) is 0 Å². The molecule has 0 bridgehead atoms. The minimum Gasteiger partial charge on any atom is -0.493 e. The van der Waals surface area contributed by atoms with Crippen molar-refractivity contribution >= 4 is 53.4 Å². The van der Waals surface area contributed by atoms with Gasteiger partial charge < -0.3 is 34.0 Å². The van der Waals surface area contributed by atoms with E-state index in [0.717, 1.165) is 30.5 Å². The van der Waals surface area contributed by atoms with Gasteiger partial charge in [-0.15, -0.1) is 12.4 Å². The molecule has 52 heavy (non-hydrogen) atoms. The van der Waals surface area contributed by atoms with Crippen LogP contribution in [0.1, 0.15) is 60.0 Å². The molecule has 0 aromatic heterocycles. The summed E-state index contributed by atoms with van der Waals surface area (Å²) in [5.41, 5.74) is 1.23. The van der Waals surface area contributed by atoms with E-state index in [-0.39, 0.29) is 24.2 Å². The molecule has 0 radical (unpaired) electrons. The van der Waals surface area contributed by atoms with Crippen molar-refractivity contribution in [3.8, 4) is 17.2 Å². The Labute approximate surface area is 321 Å². The van der Waals surface area contributed by atoms with Crippen LogP contribution in [0.4, 0.5) is 0 Å². The van der Waals surface area contributed by atoms with Crippen LogP contribution in [0, 0.1) is 0 Å². The molecule has 3 aliphatic heterocycles. The van der Waals surface area contributed by atoms with E-state index in [1.165, 1.54) is 21.3 Å². The highest BCUT2D eigenvalue weighted by Crippen LogP contribution is 2.44. The number of carbonyl (C=O) groups excluding carboxylic acids is 2. The first-order chi connectivity index (χ1) is 24.6. The normalized spacial score (nSPS) is 21.4. The Morgan fingerprint density at radius 2 is 1.50 bits per heavy atom. The van der Waals surface area contributed by atoms with Crippen LogP contribution in [0.5, 0.6) is 17.2 Å². The summed E-state index contributed by atoms with van der Waals surface area (Å²) >= 11 is 12.9. The number of carbonyl (C=O) groups is 3. The van der Waals surface area contributed by atoms with Gasteiger partial charge in [-0.3, -0.25) is 9.59 Å². The first kappa shape index (κ1) is 39.5. The second-order valence-electron chi connectivity index (χ2n) is 13.8. The molecule has 13 heteroatoms. The minimum atomic E-state index is -0.941. The van der Waals surface area contributed by atoms with Gasteiger partial charge in [0.2, 0.25) is 11.7 Å². The summed E-state index contributed by atoms with van der Waals surface area (Å²) < 4.78 is 16.5. The van der Waals surface area contributed by atoms with Crippen molar-refractivity contribution in [3.63, 3.8) is 0 Å². The molecular formula is C39H46Cl3N3O7. The predicted molar refractivity (Wildman–Crippen MR) is 203 cm³/mol. The van der Waals surface area contributed by atoms with E-state index in [0.29, 0.717) is 91.3 Å². The molecule has 2 amide bonds. The number of aliphatic carboxylic acids is 1. The van der Waals surface area contributed by atoms with Gasteiger partial charge in [0.05, 0.1) is 36.8 Å². The van der Waals surface area contributed by atoms with Crippen molar-refractivity contribution in [2.24, 2.45) is 0 Å². The number of carboxylic acid groups (broad SMARTS) is 1. The molecule has 3 aromatic carbocycles. The van der Waals surface area contributed by atoms with Crippen molar-refractivity contribution in [2.45, 2.75) is 55.4 Å². The zero-order valence-electron chi connectivity index (χ0n) is 29.7. The summed E-state index contributed by atoms with van der Waals surface area (Å²) in [6.45, 7) is 3.59. The van der Waals surface area contributed by atoms with Crippen LogP contribution >= 0.6 is 35.6 Å². The molecule has 6 rings (SSSR count). The molecular weight excluding hydrogens is 729 g/mol. The first-order valence-electron chi connectivity index (χ1n) is 17.4. The summed E-state index contributed by atoms with van der Waals surface area (Å²) in [5, 5.41) is 10.8. The topological polar surface area (TPSA) is 109 Å². The third-order valence-corrected chi connectivity index (χ3v) is 12.0. The number of piperidine rings is 1. The average molecular weight is 775 g/mol. The van der Waals surface area contributed by atoms with E-state index in [9.17, 15) is 19.5 Å². The van der Waals surface area contributed by atoms with Gasteiger partial charge in [0.1, 0.15) is 6.04 Å². The number of benzene rings is 3. The Morgan fingerprint density at radius 1 is 0.827 bits per heavy atom. The van der Waals surface area contributed by atoms with E-state index in [4.69, 9.17) is 37.4 Å². The molecule has 0 aliphatic carbocycles. The van der Waals surface area contributed by atoms with Gasteiger partial charge in [0.15, 0.2) is 11.5 Å². The van der Waals surface area contributed by atoms with Gasteiger partial charge in [-0.05, 0) is 93.6 Å². The number of amides is 2. The zero-order valence-corrected chi connectivity index (χ0v) is 32.1. The highest BCUT2D eigenvalue weighted by atomic mass is 35.5. The summed E-state index contributed by atoms with van der Waals surface area (Å²) in [6, 6.07) is 18.1. The van der Waals surface area contributed by atoms with Crippen molar-refractivity contribution in [1.82, 2.24) is 14.7 Å². The molecule has 0 unspecified atom stereocenters. The monoisotopic (exact) mass is 773 g/mol. The second kappa shape index (κ2) is 16.5. The Hall–Kier alpha value is -3.70. The first-order valence-corrected chi connectivity index (χ1v) is 18.2. The zero-order chi connectivity index (χ0) is 36.3. The number of carboxylic acids is 1. The number of hydrogen-bond donors (Lipinski definition) is 1. The lowest BCUT2D eigenvalue weighted by atomic mass is 9.71. The van der Waals surface area contributed by atoms with Crippen LogP contribution in [-0.4, -0.2) is 104 Å². The summed E-state index contributed by atoms with van der Waals surface area (Å²) in [7, 11) is 4.57. The number of likely N-dealkylation sites (tertiary alicyclic amines) is 3. The van der Waals surface area contributed by atoms with Gasteiger partial charge >= 0.3 is 5.97 Å². The van der Waals surface area contributed by atoms with Gasteiger partial charge in [-0.2, -0.15) is 0 Å². The SMILES string of the molecule is COc1cc(C(=O)N2CC[C@](CCN3CCC(C(=O)N4CCC[C@H]4C(=O)O)(c4ccccc4)CC3)(c3ccc(Cl)c(Cl)c3)C2)cc(OC)c1OC.Cl. The number of nitrogens with zero attached hydrogens (tertiary/aromatic N) is 3. The Kier molecular flexibility index (Phi) is 12.6. The molecule has 10 nitrogen and oxygen atoms in total. The fraction of sp³-hybridized carbons (Fsp3) is 0.462. The third kappa shape index (κ3) is 7.53. The fourth-order valence-corrected chi connectivity index (χ4v) is 8.60. The lowest BCUT2D eigenvalue weighted by Crippen LogP contribution is -2.55. The van der Waals surface area contributed by atoms with Crippen molar-refractivity contribution in [2.75, 3.05) is 60.6 Å². The van der Waals surface area contributed by atoms with Crippen LogP contribution in [0.2, 0.25) is 10.0 Å². The Morgan fingerprint density at radius 3 is 2.10 bits per heavy atom. The highest BCUT2D eigenvalue weighted by Gasteiger charge is 2.49. The molecule has 2 atom stereocenters. The van der Waals surface area contributed by atoms with Gasteiger partial charge in [-0.25, -0.2) is 4.79 Å².